The molecule has 1 saturated heterocycles. The molecule has 0 amide bonds. The van der Waals surface area contributed by atoms with Crippen molar-refractivity contribution in [3.05, 3.63) is 35.9 Å². The van der Waals surface area contributed by atoms with Crippen LogP contribution in [0.1, 0.15) is 42.9 Å². The third-order valence-corrected chi connectivity index (χ3v) is 4.56. The average Bonchev–Trinajstić information content (AvgIpc) is 2.90. The Kier molecular flexibility index (Phi) is 4.06. The summed E-state index contributed by atoms with van der Waals surface area (Å²) in [6, 6.07) is 4.38. The lowest BCUT2D eigenvalue weighted by atomic mass is 9.93. The Morgan fingerprint density at radius 3 is 3.10 bits per heavy atom. The summed E-state index contributed by atoms with van der Waals surface area (Å²) in [5.41, 5.74) is 1.63. The third-order valence-electron chi connectivity index (χ3n) is 4.56. The fourth-order valence-electron chi connectivity index (χ4n) is 3.34. The van der Waals surface area contributed by atoms with Gasteiger partial charge in [-0.1, -0.05) is 0 Å². The number of nitrogens with zero attached hydrogens (tertiary/aromatic N) is 3. The van der Waals surface area contributed by atoms with Gasteiger partial charge in [-0.2, -0.15) is 0 Å². The van der Waals surface area contributed by atoms with Crippen molar-refractivity contribution in [3.63, 3.8) is 0 Å². The number of fused-ring (bicyclic) bond motifs is 1. The van der Waals surface area contributed by atoms with Gasteiger partial charge in [-0.3, -0.25) is 4.79 Å². The van der Waals surface area contributed by atoms with E-state index in [2.05, 4.69) is 28.1 Å². The van der Waals surface area contributed by atoms with Gasteiger partial charge in [0.2, 0.25) is 0 Å². The highest BCUT2D eigenvalue weighted by Gasteiger charge is 2.23. The molecule has 2 aromatic rings. The van der Waals surface area contributed by atoms with Crippen LogP contribution in [0.3, 0.4) is 0 Å². The van der Waals surface area contributed by atoms with Crippen molar-refractivity contribution in [1.82, 2.24) is 14.3 Å². The molecule has 0 aliphatic carbocycles. The zero-order valence-electron chi connectivity index (χ0n) is 12.8. The lowest BCUT2D eigenvalue weighted by Gasteiger charge is -2.35. The van der Waals surface area contributed by atoms with E-state index in [-0.39, 0.29) is 0 Å². The summed E-state index contributed by atoms with van der Waals surface area (Å²) in [4.78, 5) is 18.2. The fourth-order valence-corrected chi connectivity index (χ4v) is 3.34. The zero-order valence-corrected chi connectivity index (χ0v) is 12.8. The SMILES string of the molecule is CC(C)N1CCCC(Cc2ncc3c(C=O)cccn23)C1. The Balaban J connectivity index is 1.80. The third kappa shape index (κ3) is 2.86. The van der Waals surface area contributed by atoms with Gasteiger partial charge in [-0.05, 0) is 51.3 Å². The Bertz CT molecular complexity index is 632. The number of aromatic nitrogens is 2. The van der Waals surface area contributed by atoms with Crippen LogP contribution in [0.2, 0.25) is 0 Å². The van der Waals surface area contributed by atoms with Gasteiger partial charge in [0.15, 0.2) is 6.29 Å². The number of carbonyl (C=O) groups is 1. The molecule has 3 heterocycles. The van der Waals surface area contributed by atoms with Crippen LogP contribution in [0.5, 0.6) is 0 Å². The smallest absolute Gasteiger partial charge is 0.152 e. The molecular weight excluding hydrogens is 262 g/mol. The lowest BCUT2D eigenvalue weighted by molar-refractivity contribution is 0.112. The predicted octanol–water partition coefficient (Wildman–Crippen LogP) is 2.81. The molecule has 1 unspecified atom stereocenters. The first kappa shape index (κ1) is 14.3. The molecule has 4 nitrogen and oxygen atoms in total. The lowest BCUT2D eigenvalue weighted by Crippen LogP contribution is -2.40. The van der Waals surface area contributed by atoms with E-state index < -0.39 is 0 Å². The highest BCUT2D eigenvalue weighted by atomic mass is 16.1. The van der Waals surface area contributed by atoms with E-state index in [0.717, 1.165) is 30.6 Å². The maximum Gasteiger partial charge on any atom is 0.152 e. The predicted molar refractivity (Wildman–Crippen MR) is 83.7 cm³/mol. The fraction of sp³-hybridized carbons (Fsp3) is 0.529. The van der Waals surface area contributed by atoms with Gasteiger partial charge < -0.3 is 9.30 Å². The van der Waals surface area contributed by atoms with Crippen LogP contribution in [-0.2, 0) is 6.42 Å². The van der Waals surface area contributed by atoms with Crippen LogP contribution in [0.15, 0.2) is 24.5 Å². The zero-order chi connectivity index (χ0) is 14.8. The van der Waals surface area contributed by atoms with Gasteiger partial charge >= 0.3 is 0 Å². The first-order valence-corrected chi connectivity index (χ1v) is 7.83. The number of rotatable bonds is 4. The van der Waals surface area contributed by atoms with Crippen LogP contribution in [-0.4, -0.2) is 39.7 Å². The maximum absolute atomic E-state index is 11.1. The molecule has 0 saturated carbocycles. The van der Waals surface area contributed by atoms with Gasteiger partial charge in [-0.15, -0.1) is 0 Å². The number of carbonyl (C=O) groups excluding carboxylic acids is 1. The van der Waals surface area contributed by atoms with Crippen molar-refractivity contribution in [2.75, 3.05) is 13.1 Å². The first-order chi connectivity index (χ1) is 10.2. The maximum atomic E-state index is 11.1. The summed E-state index contributed by atoms with van der Waals surface area (Å²) in [7, 11) is 0. The highest BCUT2D eigenvalue weighted by molar-refractivity contribution is 5.85. The van der Waals surface area contributed by atoms with E-state index in [1.807, 2.05) is 24.5 Å². The summed E-state index contributed by atoms with van der Waals surface area (Å²) in [5, 5.41) is 0. The van der Waals surface area contributed by atoms with Crippen LogP contribution < -0.4 is 0 Å². The minimum absolute atomic E-state index is 0.617. The minimum Gasteiger partial charge on any atom is -0.303 e. The van der Waals surface area contributed by atoms with Gasteiger partial charge in [0.25, 0.3) is 0 Å². The van der Waals surface area contributed by atoms with Gasteiger partial charge in [-0.25, -0.2) is 4.98 Å². The molecule has 0 bridgehead atoms. The molecule has 0 N–H and O–H groups in total. The molecule has 21 heavy (non-hydrogen) atoms. The molecule has 1 atom stereocenters. The van der Waals surface area contributed by atoms with Gasteiger partial charge in [0.1, 0.15) is 5.82 Å². The van der Waals surface area contributed by atoms with Gasteiger partial charge in [0, 0.05) is 30.8 Å². The van der Waals surface area contributed by atoms with Crippen molar-refractivity contribution in [2.45, 2.75) is 39.2 Å². The van der Waals surface area contributed by atoms with Crippen molar-refractivity contribution in [1.29, 1.82) is 0 Å². The van der Waals surface area contributed by atoms with Gasteiger partial charge in [0.05, 0.1) is 11.7 Å². The van der Waals surface area contributed by atoms with E-state index in [1.165, 1.54) is 19.4 Å². The van der Waals surface area contributed by atoms with Crippen LogP contribution in [0.25, 0.3) is 5.52 Å². The molecule has 0 radical (unpaired) electrons. The standard InChI is InChI=1S/C17H23N3O/c1-13(2)19-7-3-5-14(11-19)9-17-18-10-16-15(12-21)6-4-8-20(16)17/h4,6,8,10,12-14H,3,5,7,9,11H2,1-2H3. The first-order valence-electron chi connectivity index (χ1n) is 7.83. The molecule has 4 heteroatoms. The van der Waals surface area contributed by atoms with E-state index in [9.17, 15) is 4.79 Å². The summed E-state index contributed by atoms with van der Waals surface area (Å²) in [6.07, 6.45) is 8.26. The summed E-state index contributed by atoms with van der Waals surface area (Å²) in [5.74, 6) is 1.73. The molecule has 1 aliphatic heterocycles. The Labute approximate surface area is 125 Å². The Hall–Kier alpha value is -1.68. The molecular formula is C17H23N3O. The van der Waals surface area contributed by atoms with Crippen LogP contribution in [0, 0.1) is 5.92 Å². The number of hydrogen-bond donors (Lipinski definition) is 0. The molecule has 1 fully saturated rings. The van der Waals surface area contributed by atoms with E-state index >= 15 is 0 Å². The molecule has 3 rings (SSSR count). The van der Waals surface area contributed by atoms with Crippen molar-refractivity contribution >= 4 is 11.8 Å². The molecule has 2 aromatic heterocycles. The van der Waals surface area contributed by atoms with E-state index in [0.29, 0.717) is 17.5 Å². The second-order valence-corrected chi connectivity index (χ2v) is 6.31. The normalized spacial score (nSPS) is 20.2. The molecule has 112 valence electrons. The Morgan fingerprint density at radius 2 is 2.33 bits per heavy atom. The highest BCUT2D eigenvalue weighted by Crippen LogP contribution is 2.22. The average molecular weight is 285 g/mol. The number of aldehydes is 1. The quantitative estimate of drug-likeness (QED) is 0.811. The number of piperidine rings is 1. The Morgan fingerprint density at radius 1 is 1.48 bits per heavy atom. The molecule has 0 aromatic carbocycles. The largest absolute Gasteiger partial charge is 0.303 e. The summed E-state index contributed by atoms with van der Waals surface area (Å²) in [6.45, 7) is 6.90. The number of imidazole rings is 1. The van der Waals surface area contributed by atoms with Crippen molar-refractivity contribution in [3.8, 4) is 0 Å². The molecule has 0 spiro atoms. The number of likely N-dealkylation sites (tertiary alicyclic amines) is 1. The van der Waals surface area contributed by atoms with Crippen LogP contribution >= 0.6 is 0 Å². The number of hydrogen-bond acceptors (Lipinski definition) is 3. The van der Waals surface area contributed by atoms with Crippen molar-refractivity contribution < 1.29 is 4.79 Å². The monoisotopic (exact) mass is 285 g/mol. The summed E-state index contributed by atoms with van der Waals surface area (Å²) >= 11 is 0. The number of pyridine rings is 1. The second kappa shape index (κ2) is 5.98. The van der Waals surface area contributed by atoms with Crippen molar-refractivity contribution in [2.24, 2.45) is 5.92 Å². The van der Waals surface area contributed by atoms with E-state index in [1.54, 1.807) is 0 Å². The second-order valence-electron chi connectivity index (χ2n) is 6.31. The topological polar surface area (TPSA) is 37.6 Å². The van der Waals surface area contributed by atoms with E-state index in [4.69, 9.17) is 0 Å². The molecule has 1 aliphatic rings. The minimum atomic E-state index is 0.617. The summed E-state index contributed by atoms with van der Waals surface area (Å²) < 4.78 is 2.07. The van der Waals surface area contributed by atoms with Crippen LogP contribution in [0.4, 0.5) is 0 Å².